The van der Waals surface area contributed by atoms with Gasteiger partial charge in [0.2, 0.25) is 0 Å². The Morgan fingerprint density at radius 3 is 2.42 bits per heavy atom. The van der Waals surface area contributed by atoms with E-state index < -0.39 is 0 Å². The Kier molecular flexibility index (Phi) is 5.86. The van der Waals surface area contributed by atoms with Gasteiger partial charge in [-0.25, -0.2) is 0 Å². The highest BCUT2D eigenvalue weighted by Crippen LogP contribution is 2.18. The molecule has 2 aromatic carbocycles. The van der Waals surface area contributed by atoms with Gasteiger partial charge in [-0.1, -0.05) is 30.3 Å². The molecule has 1 heterocycles. The first-order valence-electron chi connectivity index (χ1n) is 8.81. The van der Waals surface area contributed by atoms with Crippen molar-refractivity contribution in [2.45, 2.75) is 0 Å². The number of ether oxygens (including phenoxy) is 1. The van der Waals surface area contributed by atoms with Crippen molar-refractivity contribution in [2.24, 2.45) is 0 Å². The van der Waals surface area contributed by atoms with Gasteiger partial charge in [-0.05, 0) is 24.3 Å². The van der Waals surface area contributed by atoms with E-state index >= 15 is 0 Å². The lowest BCUT2D eigenvalue weighted by Crippen LogP contribution is -3.12. The van der Waals surface area contributed by atoms with Crippen LogP contribution in [-0.2, 0) is 4.79 Å². The van der Waals surface area contributed by atoms with Gasteiger partial charge >= 0.3 is 0 Å². The first kappa shape index (κ1) is 17.9. The van der Waals surface area contributed by atoms with Gasteiger partial charge in [-0.3, -0.25) is 9.59 Å². The fraction of sp³-hybridized carbons (Fsp3) is 0.300. The van der Waals surface area contributed by atoms with Gasteiger partial charge in [0.25, 0.3) is 11.8 Å². The lowest BCUT2D eigenvalue weighted by Gasteiger charge is -2.30. The Morgan fingerprint density at radius 2 is 1.69 bits per heavy atom. The van der Waals surface area contributed by atoms with Crippen molar-refractivity contribution < 1.29 is 19.2 Å². The number of likely N-dealkylation sites (N-methyl/N-ethyl adjacent to an activating group) is 1. The zero-order chi connectivity index (χ0) is 18.4. The fourth-order valence-corrected chi connectivity index (χ4v) is 2.89. The van der Waals surface area contributed by atoms with Crippen LogP contribution in [0.25, 0.3) is 0 Å². The lowest BCUT2D eigenvalue weighted by molar-refractivity contribution is -0.883. The van der Waals surface area contributed by atoms with E-state index in [1.54, 1.807) is 30.3 Å². The van der Waals surface area contributed by atoms with E-state index in [2.05, 4.69) is 12.4 Å². The second-order valence-corrected chi connectivity index (χ2v) is 6.44. The Balaban J connectivity index is 1.63. The van der Waals surface area contributed by atoms with E-state index in [-0.39, 0.29) is 18.4 Å². The highest BCUT2D eigenvalue weighted by Gasteiger charge is 2.24. The summed E-state index contributed by atoms with van der Waals surface area (Å²) in [7, 11) is 2.13. The molecule has 0 radical (unpaired) electrons. The van der Waals surface area contributed by atoms with Gasteiger partial charge in [0.15, 0.2) is 6.61 Å². The van der Waals surface area contributed by atoms with Crippen LogP contribution < -0.4 is 15.0 Å². The average molecular weight is 354 g/mol. The Bertz CT molecular complexity index is 756. The molecule has 0 saturated carbocycles. The molecular formula is C20H24N3O3+. The predicted molar refractivity (Wildman–Crippen MR) is 99.5 cm³/mol. The number of amides is 2. The molecule has 1 aliphatic rings. The van der Waals surface area contributed by atoms with Crippen LogP contribution in [-0.4, -0.2) is 56.5 Å². The van der Waals surface area contributed by atoms with Crippen molar-refractivity contribution in [3.05, 3.63) is 60.2 Å². The number of nitrogens with zero attached hydrogens (tertiary/aromatic N) is 1. The summed E-state index contributed by atoms with van der Waals surface area (Å²) in [4.78, 5) is 28.3. The van der Waals surface area contributed by atoms with Crippen LogP contribution in [0.5, 0.6) is 5.75 Å². The topological polar surface area (TPSA) is 63.1 Å². The van der Waals surface area contributed by atoms with E-state index in [1.165, 1.54) is 4.90 Å². The standard InChI is InChI=1S/C20H23N3O3/c1-22-11-13-23(14-12-22)20(25)17-9-5-6-10-18(17)21-19(24)15-26-16-7-3-2-4-8-16/h2-10H,11-15H2,1H3,(H,21,24)/p+1. The summed E-state index contributed by atoms with van der Waals surface area (Å²) in [6.07, 6.45) is 0. The third-order valence-corrected chi connectivity index (χ3v) is 4.45. The number of benzene rings is 2. The molecule has 6 nitrogen and oxygen atoms in total. The molecule has 0 spiro atoms. The molecule has 2 aromatic rings. The number of nitrogens with one attached hydrogen (secondary N) is 2. The van der Waals surface area contributed by atoms with Gasteiger partial charge in [-0.15, -0.1) is 0 Å². The minimum Gasteiger partial charge on any atom is -0.484 e. The third kappa shape index (κ3) is 4.61. The van der Waals surface area contributed by atoms with Crippen molar-refractivity contribution in [1.29, 1.82) is 0 Å². The SMILES string of the molecule is C[NH+]1CCN(C(=O)c2ccccc2NC(=O)COc2ccccc2)CC1. The van der Waals surface area contributed by atoms with Crippen LogP contribution in [0.2, 0.25) is 0 Å². The quantitative estimate of drug-likeness (QED) is 0.830. The van der Waals surface area contributed by atoms with Crippen molar-refractivity contribution in [3.8, 4) is 5.75 Å². The minimum atomic E-state index is -0.295. The second-order valence-electron chi connectivity index (χ2n) is 6.44. The number of para-hydroxylation sites is 2. The minimum absolute atomic E-state index is 0.0441. The third-order valence-electron chi connectivity index (χ3n) is 4.45. The molecule has 2 N–H and O–H groups in total. The zero-order valence-corrected chi connectivity index (χ0v) is 14.9. The summed E-state index contributed by atoms with van der Waals surface area (Å²) in [6.45, 7) is 3.22. The maximum atomic E-state index is 12.8. The summed E-state index contributed by atoms with van der Waals surface area (Å²) < 4.78 is 5.46. The largest absolute Gasteiger partial charge is 0.484 e. The smallest absolute Gasteiger partial charge is 0.262 e. The highest BCUT2D eigenvalue weighted by atomic mass is 16.5. The molecule has 0 bridgehead atoms. The first-order chi connectivity index (χ1) is 12.6. The van der Waals surface area contributed by atoms with E-state index in [0.29, 0.717) is 17.0 Å². The Morgan fingerprint density at radius 1 is 1.04 bits per heavy atom. The molecule has 0 aromatic heterocycles. The molecule has 1 aliphatic heterocycles. The Labute approximate surface area is 153 Å². The van der Waals surface area contributed by atoms with E-state index in [1.807, 2.05) is 29.2 Å². The van der Waals surface area contributed by atoms with E-state index in [9.17, 15) is 9.59 Å². The summed E-state index contributed by atoms with van der Waals surface area (Å²) in [6, 6.07) is 16.3. The van der Waals surface area contributed by atoms with Crippen molar-refractivity contribution in [2.75, 3.05) is 45.2 Å². The van der Waals surface area contributed by atoms with Crippen LogP contribution in [0.1, 0.15) is 10.4 Å². The molecule has 1 fully saturated rings. The summed E-state index contributed by atoms with van der Waals surface area (Å²) in [5, 5.41) is 2.79. The monoisotopic (exact) mass is 354 g/mol. The maximum Gasteiger partial charge on any atom is 0.262 e. The summed E-state index contributed by atoms with van der Waals surface area (Å²) in [5.74, 6) is 0.293. The first-order valence-corrected chi connectivity index (χ1v) is 8.81. The number of rotatable bonds is 5. The van der Waals surface area contributed by atoms with Crippen LogP contribution in [0.4, 0.5) is 5.69 Å². The van der Waals surface area contributed by atoms with E-state index in [0.717, 1.165) is 26.2 Å². The summed E-state index contributed by atoms with van der Waals surface area (Å²) >= 11 is 0. The predicted octanol–water partition coefficient (Wildman–Crippen LogP) is 0.675. The van der Waals surface area contributed by atoms with Gasteiger partial charge in [0.05, 0.1) is 44.5 Å². The molecular weight excluding hydrogens is 330 g/mol. The molecule has 3 rings (SSSR count). The number of carbonyl (C=O) groups is 2. The molecule has 6 heteroatoms. The van der Waals surface area contributed by atoms with Crippen LogP contribution in [0.3, 0.4) is 0 Å². The van der Waals surface area contributed by atoms with Crippen LogP contribution >= 0.6 is 0 Å². The van der Waals surface area contributed by atoms with E-state index in [4.69, 9.17) is 4.74 Å². The normalized spacial score (nSPS) is 14.7. The lowest BCUT2D eigenvalue weighted by atomic mass is 10.1. The number of anilines is 1. The molecule has 1 saturated heterocycles. The van der Waals surface area contributed by atoms with Crippen LogP contribution in [0, 0.1) is 0 Å². The van der Waals surface area contributed by atoms with Crippen LogP contribution in [0.15, 0.2) is 54.6 Å². The number of carbonyl (C=O) groups excluding carboxylic acids is 2. The van der Waals surface area contributed by atoms with Crippen molar-refractivity contribution >= 4 is 17.5 Å². The average Bonchev–Trinajstić information content (AvgIpc) is 2.68. The number of hydrogen-bond acceptors (Lipinski definition) is 3. The van der Waals surface area contributed by atoms with Crippen molar-refractivity contribution in [1.82, 2.24) is 4.90 Å². The van der Waals surface area contributed by atoms with Crippen molar-refractivity contribution in [3.63, 3.8) is 0 Å². The molecule has 0 atom stereocenters. The zero-order valence-electron chi connectivity index (χ0n) is 14.9. The second kappa shape index (κ2) is 8.49. The number of hydrogen-bond donors (Lipinski definition) is 2. The van der Waals surface area contributed by atoms with Gasteiger partial charge in [-0.2, -0.15) is 0 Å². The molecule has 136 valence electrons. The molecule has 26 heavy (non-hydrogen) atoms. The van der Waals surface area contributed by atoms with Gasteiger partial charge in [0.1, 0.15) is 5.75 Å². The molecule has 2 amide bonds. The van der Waals surface area contributed by atoms with Gasteiger partial charge < -0.3 is 19.9 Å². The fourth-order valence-electron chi connectivity index (χ4n) is 2.89. The summed E-state index contributed by atoms with van der Waals surface area (Å²) in [5.41, 5.74) is 1.03. The van der Waals surface area contributed by atoms with Gasteiger partial charge in [0, 0.05) is 0 Å². The Hall–Kier alpha value is -2.86. The highest BCUT2D eigenvalue weighted by molar-refractivity contribution is 6.04. The number of piperazine rings is 1. The molecule has 0 aliphatic carbocycles. The number of quaternary nitrogens is 1. The maximum absolute atomic E-state index is 12.8. The molecule has 0 unspecified atom stereocenters.